The van der Waals surface area contributed by atoms with Gasteiger partial charge in [0, 0.05) is 11.1 Å². The fourth-order valence-electron chi connectivity index (χ4n) is 3.68. The van der Waals surface area contributed by atoms with Crippen LogP contribution in [0.25, 0.3) is 23.0 Å². The largest absolute Gasteiger partial charge is 0.493 e. The van der Waals surface area contributed by atoms with E-state index in [1.165, 1.54) is 0 Å². The van der Waals surface area contributed by atoms with Gasteiger partial charge < -0.3 is 4.74 Å². The molecule has 31 heavy (non-hydrogen) atoms. The van der Waals surface area contributed by atoms with Gasteiger partial charge in [-0.05, 0) is 35.3 Å². The molecule has 4 aromatic carbocycles. The number of hydrogen-bond acceptors (Lipinski definition) is 1. The molecule has 4 aromatic rings. The van der Waals surface area contributed by atoms with Gasteiger partial charge in [-0.2, -0.15) is 0 Å². The summed E-state index contributed by atoms with van der Waals surface area (Å²) in [4.78, 5) is 0. The van der Waals surface area contributed by atoms with Crippen LogP contribution in [0.15, 0.2) is 121 Å². The molecule has 0 spiro atoms. The second-order valence-corrected chi connectivity index (χ2v) is 7.20. The summed E-state index contributed by atoms with van der Waals surface area (Å²) in [6.07, 6.45) is 2.25. The van der Waals surface area contributed by atoms with E-state index < -0.39 is 0 Å². The van der Waals surface area contributed by atoms with Gasteiger partial charge in [-0.15, -0.1) is 0 Å². The molecule has 0 aliphatic heterocycles. The Labute approximate surface area is 185 Å². The average Bonchev–Trinajstić information content (AvgIpc) is 2.85. The molecule has 0 saturated carbocycles. The lowest BCUT2D eigenvalue weighted by atomic mass is 9.88. The Morgan fingerprint density at radius 1 is 0.581 bits per heavy atom. The first-order chi connectivity index (χ1) is 15.4. The molecule has 0 bridgehead atoms. The van der Waals surface area contributed by atoms with Crippen LogP contribution in [0, 0.1) is 0 Å². The third-order valence-electron chi connectivity index (χ3n) is 5.08. The molecule has 0 atom stereocenters. The number of benzene rings is 4. The first kappa shape index (κ1) is 20.4. The zero-order valence-electron chi connectivity index (χ0n) is 17.7. The molecule has 0 aliphatic carbocycles. The Morgan fingerprint density at radius 2 is 1.03 bits per heavy atom. The zero-order valence-corrected chi connectivity index (χ0v) is 17.7. The van der Waals surface area contributed by atoms with E-state index in [4.69, 9.17) is 4.74 Å². The molecular formula is C30H26O. The summed E-state index contributed by atoms with van der Waals surface area (Å²) in [7, 11) is 0. The lowest BCUT2D eigenvalue weighted by molar-refractivity contribution is 0.299. The molecule has 1 heteroatoms. The minimum Gasteiger partial charge on any atom is -0.493 e. The van der Waals surface area contributed by atoms with E-state index in [9.17, 15) is 0 Å². The summed E-state index contributed by atoms with van der Waals surface area (Å²) in [6.45, 7) is 2.63. The van der Waals surface area contributed by atoms with Gasteiger partial charge in [0.1, 0.15) is 5.76 Å². The molecule has 0 saturated heterocycles. The quantitative estimate of drug-likeness (QED) is 0.174. The van der Waals surface area contributed by atoms with Crippen molar-refractivity contribution in [1.29, 1.82) is 0 Å². The topological polar surface area (TPSA) is 9.23 Å². The zero-order chi connectivity index (χ0) is 21.3. The van der Waals surface area contributed by atoms with Crippen LogP contribution in [-0.4, -0.2) is 6.61 Å². The molecule has 0 N–H and O–H groups in total. The summed E-state index contributed by atoms with van der Waals surface area (Å²) in [6, 6.07) is 41.9. The Morgan fingerprint density at radius 3 is 1.55 bits per heavy atom. The molecule has 0 fully saturated rings. The normalized spacial score (nSPS) is 12.2. The smallest absolute Gasteiger partial charge is 0.134 e. The summed E-state index contributed by atoms with van der Waals surface area (Å²) < 4.78 is 6.32. The maximum Gasteiger partial charge on any atom is 0.134 e. The molecule has 0 heterocycles. The van der Waals surface area contributed by atoms with Crippen LogP contribution in [0.2, 0.25) is 0 Å². The van der Waals surface area contributed by atoms with Gasteiger partial charge >= 0.3 is 0 Å². The van der Waals surface area contributed by atoms with Gasteiger partial charge in [0.15, 0.2) is 0 Å². The van der Waals surface area contributed by atoms with E-state index in [1.54, 1.807) is 0 Å². The van der Waals surface area contributed by atoms with Crippen molar-refractivity contribution in [2.45, 2.75) is 6.92 Å². The minimum absolute atomic E-state index is 0.591. The molecule has 0 aromatic heterocycles. The van der Waals surface area contributed by atoms with Gasteiger partial charge in [-0.3, -0.25) is 0 Å². The second kappa shape index (κ2) is 10.3. The summed E-state index contributed by atoms with van der Waals surface area (Å²) in [5.74, 6) is 0.889. The van der Waals surface area contributed by atoms with Crippen LogP contribution >= 0.6 is 0 Å². The molecule has 0 unspecified atom stereocenters. The van der Waals surface area contributed by atoms with Gasteiger partial charge in [0.25, 0.3) is 0 Å². The average molecular weight is 403 g/mol. The Kier molecular flexibility index (Phi) is 6.77. The maximum atomic E-state index is 6.32. The van der Waals surface area contributed by atoms with Crippen molar-refractivity contribution in [3.05, 3.63) is 144 Å². The summed E-state index contributed by atoms with van der Waals surface area (Å²) in [5.41, 5.74) is 6.71. The van der Waals surface area contributed by atoms with Crippen molar-refractivity contribution >= 4 is 23.0 Å². The van der Waals surface area contributed by atoms with E-state index in [-0.39, 0.29) is 0 Å². The van der Waals surface area contributed by atoms with Crippen LogP contribution in [0.4, 0.5) is 0 Å². The van der Waals surface area contributed by atoms with E-state index >= 15 is 0 Å². The van der Waals surface area contributed by atoms with Crippen LogP contribution in [0.5, 0.6) is 0 Å². The van der Waals surface area contributed by atoms with Crippen molar-refractivity contribution in [1.82, 2.24) is 0 Å². The molecule has 0 radical (unpaired) electrons. The van der Waals surface area contributed by atoms with Crippen molar-refractivity contribution in [3.63, 3.8) is 0 Å². The lowest BCUT2D eigenvalue weighted by Crippen LogP contribution is -2.00. The molecule has 1 nitrogen and oxygen atoms in total. The third kappa shape index (κ3) is 5.02. The van der Waals surface area contributed by atoms with Crippen LogP contribution in [0.1, 0.15) is 29.2 Å². The third-order valence-corrected chi connectivity index (χ3v) is 5.08. The Bertz CT molecular complexity index is 1140. The maximum absolute atomic E-state index is 6.32. The van der Waals surface area contributed by atoms with Gasteiger partial charge in [-0.1, -0.05) is 121 Å². The van der Waals surface area contributed by atoms with E-state index in [1.807, 2.05) is 25.1 Å². The Balaban J connectivity index is 2.05. The number of allylic oxidation sites excluding steroid dienone is 2. The van der Waals surface area contributed by atoms with Gasteiger partial charge in [0.05, 0.1) is 6.61 Å². The van der Waals surface area contributed by atoms with E-state index in [0.29, 0.717) is 6.61 Å². The first-order valence-corrected chi connectivity index (χ1v) is 10.7. The highest BCUT2D eigenvalue weighted by Gasteiger charge is 2.19. The van der Waals surface area contributed by atoms with Crippen LogP contribution in [0.3, 0.4) is 0 Å². The minimum atomic E-state index is 0.591. The fourth-order valence-corrected chi connectivity index (χ4v) is 3.68. The van der Waals surface area contributed by atoms with Crippen molar-refractivity contribution in [2.75, 3.05) is 6.61 Å². The van der Waals surface area contributed by atoms with E-state index in [0.717, 1.165) is 39.2 Å². The SMILES string of the molecule is CCOC(=C(C(=Cc1ccccc1)c1ccccc1)c1ccccc1)c1ccccc1. The van der Waals surface area contributed by atoms with Gasteiger partial charge in [0.2, 0.25) is 0 Å². The standard InChI is InChI=1S/C30H26O/c1-2-31-30(27-21-13-6-14-22-27)29(26-19-11-5-12-20-26)28(25-17-9-4-10-18-25)23-24-15-7-3-8-16-24/h3-23H,2H2,1H3. The van der Waals surface area contributed by atoms with Crippen LogP contribution < -0.4 is 0 Å². The highest BCUT2D eigenvalue weighted by atomic mass is 16.5. The van der Waals surface area contributed by atoms with Crippen molar-refractivity contribution < 1.29 is 4.74 Å². The molecule has 0 amide bonds. The monoisotopic (exact) mass is 402 g/mol. The highest BCUT2D eigenvalue weighted by molar-refractivity contribution is 6.17. The lowest BCUT2D eigenvalue weighted by Gasteiger charge is -2.20. The second-order valence-electron chi connectivity index (χ2n) is 7.20. The molecular weight excluding hydrogens is 376 g/mol. The van der Waals surface area contributed by atoms with Crippen LogP contribution in [-0.2, 0) is 4.74 Å². The molecule has 0 aliphatic rings. The summed E-state index contributed by atoms with van der Waals surface area (Å²) in [5, 5.41) is 0. The van der Waals surface area contributed by atoms with E-state index in [2.05, 4.69) is 109 Å². The van der Waals surface area contributed by atoms with Gasteiger partial charge in [-0.25, -0.2) is 0 Å². The van der Waals surface area contributed by atoms with Crippen molar-refractivity contribution in [3.8, 4) is 0 Å². The molecule has 152 valence electrons. The highest BCUT2D eigenvalue weighted by Crippen LogP contribution is 2.39. The Hall–Kier alpha value is -3.84. The number of hydrogen-bond donors (Lipinski definition) is 0. The van der Waals surface area contributed by atoms with Crippen molar-refractivity contribution in [2.24, 2.45) is 0 Å². The predicted molar refractivity (Wildman–Crippen MR) is 132 cm³/mol. The number of rotatable bonds is 7. The summed E-state index contributed by atoms with van der Waals surface area (Å²) >= 11 is 0. The first-order valence-electron chi connectivity index (χ1n) is 10.7. The predicted octanol–water partition coefficient (Wildman–Crippen LogP) is 7.83. The fraction of sp³-hybridized carbons (Fsp3) is 0.0667. The number of ether oxygens (including phenoxy) is 1. The molecule has 4 rings (SSSR count).